The Morgan fingerprint density at radius 1 is 1.09 bits per heavy atom. The maximum atomic E-state index is 10.9. The minimum Gasteiger partial charge on any atom is -0.389 e. The molecule has 1 aliphatic heterocycles. The Labute approximate surface area is 191 Å². The molecule has 0 radical (unpaired) electrons. The van der Waals surface area contributed by atoms with Gasteiger partial charge in [-0.05, 0) is 31.9 Å². The Morgan fingerprint density at radius 2 is 1.81 bits per heavy atom. The number of piperidine rings is 1. The molecule has 2 atom stereocenters. The van der Waals surface area contributed by atoms with Crippen molar-refractivity contribution in [3.63, 3.8) is 0 Å². The molecule has 4 saturated carbocycles. The van der Waals surface area contributed by atoms with Gasteiger partial charge in [0.1, 0.15) is 5.69 Å². The van der Waals surface area contributed by atoms with Gasteiger partial charge in [-0.2, -0.15) is 10.2 Å². The first-order valence-corrected chi connectivity index (χ1v) is 12.0. The van der Waals surface area contributed by atoms with E-state index in [9.17, 15) is 5.11 Å². The highest BCUT2D eigenvalue weighted by Crippen LogP contribution is 2.66. The van der Waals surface area contributed by atoms with E-state index in [0.29, 0.717) is 11.8 Å². The van der Waals surface area contributed by atoms with E-state index in [1.807, 2.05) is 37.2 Å². The van der Waals surface area contributed by atoms with E-state index < -0.39 is 5.60 Å². The molecule has 32 heavy (non-hydrogen) atoms. The lowest BCUT2D eigenvalue weighted by Gasteiger charge is -2.68. The number of benzene rings is 1. The first-order valence-electron chi connectivity index (χ1n) is 11.6. The van der Waals surface area contributed by atoms with Crippen molar-refractivity contribution in [3.05, 3.63) is 35.7 Å². The van der Waals surface area contributed by atoms with Crippen LogP contribution < -0.4 is 4.90 Å². The van der Waals surface area contributed by atoms with Crippen LogP contribution in [-0.4, -0.2) is 56.1 Å². The maximum Gasteiger partial charge on any atom is 0.103 e. The molecule has 4 bridgehead atoms. The van der Waals surface area contributed by atoms with Crippen LogP contribution in [0, 0.1) is 11.8 Å². The second-order valence-corrected chi connectivity index (χ2v) is 11.2. The average Bonchev–Trinajstić information content (AvgIpc) is 3.33. The van der Waals surface area contributed by atoms with Crippen LogP contribution in [0.2, 0.25) is 5.02 Å². The molecule has 2 unspecified atom stereocenters. The number of methoxy groups -OCH3 is 1. The van der Waals surface area contributed by atoms with E-state index >= 15 is 0 Å². The molecular weight excluding hydrogens is 426 g/mol. The molecule has 4 aliphatic carbocycles. The lowest BCUT2D eigenvalue weighted by Crippen LogP contribution is -2.73. The van der Waals surface area contributed by atoms with Crippen LogP contribution >= 0.6 is 11.6 Å². The minimum absolute atomic E-state index is 0.0919. The van der Waals surface area contributed by atoms with E-state index in [2.05, 4.69) is 32.0 Å². The molecule has 2 aromatic heterocycles. The maximum absolute atomic E-state index is 10.9. The number of rotatable bonds is 4. The standard InChI is InChI=1S/C24H28ClN5O2/c1-22(31)16-3-4-17(22)10-28(9-16)21-6-20-15(5-19(21)25)7-27-30(20)18-8-26-29(11-18)23-12-24(13-23,14-23)32-2/h5-8,11,16-17,31H,3-4,9-10,12-14H2,1-2H3. The predicted octanol–water partition coefficient (Wildman–Crippen LogP) is 3.75. The van der Waals surface area contributed by atoms with Gasteiger partial charge < -0.3 is 14.7 Å². The molecule has 8 heteroatoms. The van der Waals surface area contributed by atoms with E-state index in [1.54, 1.807) is 0 Å². The molecule has 1 aromatic carbocycles. The summed E-state index contributed by atoms with van der Waals surface area (Å²) in [6.45, 7) is 3.68. The molecule has 3 heterocycles. The lowest BCUT2D eigenvalue weighted by molar-refractivity contribution is -0.265. The summed E-state index contributed by atoms with van der Waals surface area (Å²) in [4.78, 5) is 2.36. The molecule has 0 spiro atoms. The molecule has 1 saturated heterocycles. The van der Waals surface area contributed by atoms with E-state index in [0.717, 1.165) is 72.5 Å². The average molecular weight is 454 g/mol. The van der Waals surface area contributed by atoms with Gasteiger partial charge in [-0.3, -0.25) is 4.68 Å². The van der Waals surface area contributed by atoms with Crippen molar-refractivity contribution < 1.29 is 9.84 Å². The highest BCUT2D eigenvalue weighted by Gasteiger charge is 2.70. The zero-order valence-electron chi connectivity index (χ0n) is 18.5. The van der Waals surface area contributed by atoms with Crippen molar-refractivity contribution in [2.45, 2.75) is 55.8 Å². The second-order valence-electron chi connectivity index (χ2n) is 10.8. The van der Waals surface area contributed by atoms with Crippen molar-refractivity contribution in [2.24, 2.45) is 11.8 Å². The third-order valence-electron chi connectivity index (χ3n) is 9.06. The normalized spacial score (nSPS) is 37.6. The first kappa shape index (κ1) is 19.4. The quantitative estimate of drug-likeness (QED) is 0.651. The molecule has 5 fully saturated rings. The SMILES string of the molecule is COC12CC(n3cc(-n4ncc5cc(Cl)c(N6CC7CCC(C6)C7(C)O)cc54)cn3)(C1)C2. The number of halogens is 1. The first-order chi connectivity index (χ1) is 15.3. The van der Waals surface area contributed by atoms with Crippen LogP contribution in [0.1, 0.15) is 39.0 Å². The van der Waals surface area contributed by atoms with Gasteiger partial charge in [0, 0.05) is 56.7 Å². The van der Waals surface area contributed by atoms with Crippen molar-refractivity contribution in [1.82, 2.24) is 19.6 Å². The summed E-state index contributed by atoms with van der Waals surface area (Å²) in [6.07, 6.45) is 11.2. The molecule has 5 aliphatic rings. The fourth-order valence-corrected chi connectivity index (χ4v) is 7.24. The van der Waals surface area contributed by atoms with Gasteiger partial charge >= 0.3 is 0 Å². The summed E-state index contributed by atoms with van der Waals surface area (Å²) in [5.41, 5.74) is 2.67. The molecule has 1 N–H and O–H groups in total. The van der Waals surface area contributed by atoms with Crippen LogP contribution in [-0.2, 0) is 10.3 Å². The van der Waals surface area contributed by atoms with Gasteiger partial charge in [-0.25, -0.2) is 4.68 Å². The van der Waals surface area contributed by atoms with Gasteiger partial charge in [0.05, 0.1) is 51.6 Å². The summed E-state index contributed by atoms with van der Waals surface area (Å²) >= 11 is 6.73. The number of hydrogen-bond donors (Lipinski definition) is 1. The van der Waals surface area contributed by atoms with Crippen LogP contribution in [0.15, 0.2) is 30.7 Å². The Morgan fingerprint density at radius 3 is 2.50 bits per heavy atom. The zero-order chi connectivity index (χ0) is 21.9. The van der Waals surface area contributed by atoms with Crippen molar-refractivity contribution in [2.75, 3.05) is 25.1 Å². The Bertz CT molecular complexity index is 1210. The van der Waals surface area contributed by atoms with Crippen molar-refractivity contribution in [1.29, 1.82) is 0 Å². The van der Waals surface area contributed by atoms with Crippen LogP contribution in [0.25, 0.3) is 16.6 Å². The highest BCUT2D eigenvalue weighted by atomic mass is 35.5. The fraction of sp³-hybridized carbons (Fsp3) is 0.583. The number of nitrogens with zero attached hydrogens (tertiary/aromatic N) is 5. The Balaban J connectivity index is 1.23. The van der Waals surface area contributed by atoms with Gasteiger partial charge in [0.15, 0.2) is 0 Å². The van der Waals surface area contributed by atoms with Crippen molar-refractivity contribution in [3.8, 4) is 5.69 Å². The molecular formula is C24H28ClN5O2. The minimum atomic E-state index is -0.563. The number of aromatic nitrogens is 4. The number of aliphatic hydroxyl groups is 1. The highest BCUT2D eigenvalue weighted by molar-refractivity contribution is 6.34. The lowest BCUT2D eigenvalue weighted by atomic mass is 9.46. The monoisotopic (exact) mass is 453 g/mol. The number of hydrogen-bond acceptors (Lipinski definition) is 5. The molecule has 168 valence electrons. The van der Waals surface area contributed by atoms with Gasteiger partial charge in [-0.15, -0.1) is 0 Å². The number of ether oxygens (including phenoxy) is 1. The Hall–Kier alpha value is -2.09. The number of anilines is 1. The van der Waals surface area contributed by atoms with E-state index in [-0.39, 0.29) is 11.1 Å². The van der Waals surface area contributed by atoms with Crippen LogP contribution in [0.3, 0.4) is 0 Å². The topological polar surface area (TPSA) is 68.3 Å². The van der Waals surface area contributed by atoms with Gasteiger partial charge in [-0.1, -0.05) is 11.6 Å². The summed E-state index contributed by atoms with van der Waals surface area (Å²) in [5.74, 6) is 0.583. The van der Waals surface area contributed by atoms with Gasteiger partial charge in [0.25, 0.3) is 0 Å². The fourth-order valence-electron chi connectivity index (χ4n) is 6.94. The van der Waals surface area contributed by atoms with Crippen molar-refractivity contribution >= 4 is 28.2 Å². The zero-order valence-corrected chi connectivity index (χ0v) is 19.2. The third kappa shape index (κ3) is 2.39. The smallest absolute Gasteiger partial charge is 0.103 e. The molecule has 7 nitrogen and oxygen atoms in total. The number of fused-ring (bicyclic) bond motifs is 3. The molecule has 0 amide bonds. The van der Waals surface area contributed by atoms with E-state index in [4.69, 9.17) is 16.3 Å². The van der Waals surface area contributed by atoms with Gasteiger partial charge in [0.2, 0.25) is 0 Å². The molecule has 8 rings (SSSR count). The summed E-state index contributed by atoms with van der Waals surface area (Å²) in [7, 11) is 1.81. The molecule has 3 aromatic rings. The second kappa shape index (κ2) is 6.07. The third-order valence-corrected chi connectivity index (χ3v) is 9.36. The largest absolute Gasteiger partial charge is 0.389 e. The summed E-state index contributed by atoms with van der Waals surface area (Å²) in [5, 5.41) is 22.0. The van der Waals surface area contributed by atoms with E-state index in [1.165, 1.54) is 0 Å². The summed E-state index contributed by atoms with van der Waals surface area (Å²) < 4.78 is 9.72. The summed E-state index contributed by atoms with van der Waals surface area (Å²) in [6, 6.07) is 4.17. The van der Waals surface area contributed by atoms with Crippen LogP contribution in [0.5, 0.6) is 0 Å². The Kier molecular flexibility index (Phi) is 3.68. The van der Waals surface area contributed by atoms with Crippen LogP contribution in [0.4, 0.5) is 5.69 Å². The predicted molar refractivity (Wildman–Crippen MR) is 122 cm³/mol.